The molecule has 0 amide bonds. The number of hydrogen-bond donors (Lipinski definition) is 0. The summed E-state index contributed by atoms with van der Waals surface area (Å²) in [7, 11) is 0. The Hall–Kier alpha value is -1.76. The van der Waals surface area contributed by atoms with E-state index in [0.29, 0.717) is 11.3 Å². The molecule has 0 aliphatic carbocycles. The van der Waals surface area contributed by atoms with Gasteiger partial charge in [-0.2, -0.15) is 0 Å². The topological polar surface area (TPSA) is 9.23 Å². The molecule has 2 aromatic carbocycles. The van der Waals surface area contributed by atoms with Crippen molar-refractivity contribution in [1.82, 2.24) is 0 Å². The van der Waals surface area contributed by atoms with Gasteiger partial charge in [-0.1, -0.05) is 29.5 Å². The van der Waals surface area contributed by atoms with Crippen LogP contribution in [0.1, 0.15) is 11.1 Å². The van der Waals surface area contributed by atoms with Gasteiger partial charge in [0.15, 0.2) is 0 Å². The van der Waals surface area contributed by atoms with Gasteiger partial charge in [0.2, 0.25) is 0 Å². The zero-order valence-corrected chi connectivity index (χ0v) is 12.3. The molecule has 1 nitrogen and oxygen atoms in total. The van der Waals surface area contributed by atoms with Gasteiger partial charge in [-0.25, -0.2) is 8.78 Å². The third kappa shape index (κ3) is 4.10. The maximum absolute atomic E-state index is 13.7. The van der Waals surface area contributed by atoms with Crippen molar-refractivity contribution >= 4 is 23.2 Å². The fourth-order valence-corrected chi connectivity index (χ4v) is 1.96. The molecule has 0 aliphatic rings. The number of hydrogen-bond acceptors (Lipinski definition) is 1. The minimum atomic E-state index is -0.460. The lowest BCUT2D eigenvalue weighted by molar-refractivity contribution is 0.298. The summed E-state index contributed by atoms with van der Waals surface area (Å²) in [5, 5.41) is 0.269. The zero-order chi connectivity index (χ0) is 15.2. The summed E-state index contributed by atoms with van der Waals surface area (Å²) < 4.78 is 32.4. The summed E-state index contributed by atoms with van der Waals surface area (Å²) in [5.41, 5.74) is 0.586. The van der Waals surface area contributed by atoms with Gasteiger partial charge in [0.05, 0.1) is 16.5 Å². The minimum absolute atomic E-state index is 0.0767. The fourth-order valence-electron chi connectivity index (χ4n) is 1.67. The monoisotopic (exact) mass is 326 g/mol. The first-order valence-electron chi connectivity index (χ1n) is 6.02. The van der Waals surface area contributed by atoms with Gasteiger partial charge in [0.25, 0.3) is 0 Å². The highest BCUT2D eigenvalue weighted by Gasteiger charge is 2.09. The molecular formula is C16H10Cl2F2O. The van der Waals surface area contributed by atoms with Crippen molar-refractivity contribution in [1.29, 1.82) is 0 Å². The van der Waals surface area contributed by atoms with Crippen LogP contribution in [0.3, 0.4) is 0 Å². The number of ether oxygens (including phenoxy) is 1. The fraction of sp³-hybridized carbons (Fsp3) is 0.125. The van der Waals surface area contributed by atoms with Gasteiger partial charge in [-0.15, -0.1) is 11.6 Å². The normalized spacial score (nSPS) is 9.90. The van der Waals surface area contributed by atoms with Crippen LogP contribution in [0.25, 0.3) is 0 Å². The molecule has 0 aromatic heterocycles. The predicted octanol–water partition coefficient (Wildman–Crippen LogP) is 4.79. The summed E-state index contributed by atoms with van der Waals surface area (Å²) in [6.45, 7) is -0.0767. The summed E-state index contributed by atoms with van der Waals surface area (Å²) in [6, 6.07) is 8.28. The first-order valence-corrected chi connectivity index (χ1v) is 6.93. The molecule has 0 aliphatic heterocycles. The Morgan fingerprint density at radius 3 is 2.67 bits per heavy atom. The summed E-state index contributed by atoms with van der Waals surface area (Å²) in [6.07, 6.45) is 0. The second-order valence-corrected chi connectivity index (χ2v) is 4.74. The Morgan fingerprint density at radius 2 is 1.95 bits per heavy atom. The van der Waals surface area contributed by atoms with Crippen LogP contribution in [0.4, 0.5) is 8.78 Å². The second-order valence-electron chi connectivity index (χ2n) is 4.06. The molecule has 0 spiro atoms. The highest BCUT2D eigenvalue weighted by molar-refractivity contribution is 6.31. The molecule has 5 heteroatoms. The summed E-state index contributed by atoms with van der Waals surface area (Å²) in [5.74, 6) is 4.88. The Morgan fingerprint density at radius 1 is 1.14 bits per heavy atom. The molecule has 108 valence electrons. The molecule has 21 heavy (non-hydrogen) atoms. The van der Waals surface area contributed by atoms with E-state index >= 15 is 0 Å². The average Bonchev–Trinajstić information content (AvgIpc) is 2.46. The van der Waals surface area contributed by atoms with Crippen LogP contribution in [-0.2, 0) is 6.61 Å². The van der Waals surface area contributed by atoms with Gasteiger partial charge in [0, 0.05) is 5.56 Å². The van der Waals surface area contributed by atoms with Gasteiger partial charge in [0.1, 0.15) is 24.0 Å². The van der Waals surface area contributed by atoms with E-state index in [4.69, 9.17) is 27.9 Å². The molecule has 0 bridgehead atoms. The smallest absolute Gasteiger partial charge is 0.135 e. The molecule has 0 heterocycles. The third-order valence-corrected chi connectivity index (χ3v) is 3.15. The molecule has 0 radical (unpaired) electrons. The molecular weight excluding hydrogens is 317 g/mol. The highest BCUT2D eigenvalue weighted by atomic mass is 35.5. The van der Waals surface area contributed by atoms with E-state index in [0.717, 1.165) is 0 Å². The number of benzene rings is 2. The maximum Gasteiger partial charge on any atom is 0.135 e. The van der Waals surface area contributed by atoms with Crippen molar-refractivity contribution in [3.63, 3.8) is 0 Å². The minimum Gasteiger partial charge on any atom is -0.487 e. The standard InChI is InChI=1S/C16H10Cl2F2O/c17-8-2-3-11-9-12(19)6-7-16(11)21-10-13-14(18)4-1-5-15(13)20/h1,4-7,9H,8,10H2. The van der Waals surface area contributed by atoms with E-state index in [9.17, 15) is 8.78 Å². The summed E-state index contributed by atoms with van der Waals surface area (Å²) in [4.78, 5) is 0. The van der Waals surface area contributed by atoms with Gasteiger partial charge in [-0.05, 0) is 30.3 Å². The highest BCUT2D eigenvalue weighted by Crippen LogP contribution is 2.24. The Bertz CT molecular complexity index is 685. The van der Waals surface area contributed by atoms with Crippen molar-refractivity contribution in [2.75, 3.05) is 5.88 Å². The van der Waals surface area contributed by atoms with E-state index in [1.165, 1.54) is 30.3 Å². The van der Waals surface area contributed by atoms with Crippen molar-refractivity contribution in [2.45, 2.75) is 6.61 Å². The molecule has 0 saturated heterocycles. The van der Waals surface area contributed by atoms with Crippen molar-refractivity contribution in [2.24, 2.45) is 0 Å². The third-order valence-electron chi connectivity index (χ3n) is 2.67. The first-order chi connectivity index (χ1) is 10.1. The van der Waals surface area contributed by atoms with Gasteiger partial charge < -0.3 is 4.74 Å². The first kappa shape index (κ1) is 15.6. The largest absolute Gasteiger partial charge is 0.487 e. The van der Waals surface area contributed by atoms with Crippen molar-refractivity contribution in [3.05, 3.63) is 64.2 Å². The molecule has 2 rings (SSSR count). The Kier molecular flexibility index (Phi) is 5.44. The zero-order valence-electron chi connectivity index (χ0n) is 10.8. The Labute approximate surface area is 131 Å². The molecule has 0 atom stereocenters. The predicted molar refractivity (Wildman–Crippen MR) is 79.7 cm³/mol. The van der Waals surface area contributed by atoms with E-state index in [2.05, 4.69) is 11.8 Å². The van der Waals surface area contributed by atoms with E-state index in [1.807, 2.05) is 0 Å². The average molecular weight is 327 g/mol. The van der Waals surface area contributed by atoms with Crippen molar-refractivity contribution in [3.8, 4) is 17.6 Å². The van der Waals surface area contributed by atoms with Crippen LogP contribution in [-0.4, -0.2) is 5.88 Å². The molecule has 2 aromatic rings. The van der Waals surface area contributed by atoms with Crippen LogP contribution >= 0.6 is 23.2 Å². The second kappa shape index (κ2) is 7.31. The van der Waals surface area contributed by atoms with Crippen LogP contribution < -0.4 is 4.74 Å². The maximum atomic E-state index is 13.7. The van der Waals surface area contributed by atoms with E-state index < -0.39 is 11.6 Å². The molecule has 0 N–H and O–H groups in total. The van der Waals surface area contributed by atoms with E-state index in [1.54, 1.807) is 6.07 Å². The lowest BCUT2D eigenvalue weighted by Crippen LogP contribution is -2.01. The summed E-state index contributed by atoms with van der Waals surface area (Å²) >= 11 is 11.4. The van der Waals surface area contributed by atoms with Crippen LogP contribution in [0, 0.1) is 23.5 Å². The van der Waals surface area contributed by atoms with Crippen LogP contribution in [0.15, 0.2) is 36.4 Å². The number of rotatable bonds is 3. The quantitative estimate of drug-likeness (QED) is 0.582. The molecule has 0 fully saturated rings. The lowest BCUT2D eigenvalue weighted by atomic mass is 10.2. The van der Waals surface area contributed by atoms with Gasteiger partial charge >= 0.3 is 0 Å². The SMILES string of the molecule is Fc1ccc(OCc2c(F)cccc2Cl)c(C#CCCl)c1. The lowest BCUT2D eigenvalue weighted by Gasteiger charge is -2.10. The Balaban J connectivity index is 2.24. The molecule has 0 unspecified atom stereocenters. The number of alkyl halides is 1. The van der Waals surface area contributed by atoms with Gasteiger partial charge in [-0.3, -0.25) is 0 Å². The van der Waals surface area contributed by atoms with E-state index in [-0.39, 0.29) is 23.1 Å². The van der Waals surface area contributed by atoms with Crippen LogP contribution in [0.2, 0.25) is 5.02 Å². The van der Waals surface area contributed by atoms with Crippen LogP contribution in [0.5, 0.6) is 5.75 Å². The van der Waals surface area contributed by atoms with Crippen molar-refractivity contribution < 1.29 is 13.5 Å². The number of halogens is 4. The molecule has 0 saturated carbocycles.